The highest BCUT2D eigenvalue weighted by molar-refractivity contribution is 7.20. The number of rotatable bonds is 10. The molecule has 16 aromatic rings. The number of fused-ring (bicyclic) bond motifs is 9. The van der Waals surface area contributed by atoms with E-state index in [1.54, 1.807) is 0 Å². The zero-order chi connectivity index (χ0) is 54.1. The van der Waals surface area contributed by atoms with Crippen LogP contribution >= 0.6 is 0 Å². The second kappa shape index (κ2) is 19.4. The lowest BCUT2D eigenvalue weighted by Gasteiger charge is -2.35. The monoisotopic (exact) mass is 1060 g/mol. The van der Waals surface area contributed by atoms with Crippen LogP contribution in [0.5, 0.6) is 0 Å². The van der Waals surface area contributed by atoms with Gasteiger partial charge in [0.2, 0.25) is 0 Å². The van der Waals surface area contributed by atoms with Gasteiger partial charge in [0, 0.05) is 49.4 Å². The van der Waals surface area contributed by atoms with Gasteiger partial charge in [0.05, 0.1) is 33.1 Å². The van der Waals surface area contributed by atoms with Crippen LogP contribution in [-0.4, -0.2) is 21.8 Å². The van der Waals surface area contributed by atoms with E-state index >= 15 is 0 Å². The Labute approximate surface area is 477 Å². The molecule has 0 amide bonds. The third-order valence-electron chi connectivity index (χ3n) is 17.2. The maximum absolute atomic E-state index is 2.91. The summed E-state index contributed by atoms with van der Waals surface area (Å²) in [5.74, 6) is 0. The van der Waals surface area contributed by atoms with Crippen molar-refractivity contribution < 1.29 is 0 Å². The fraction of sp³-hybridized carbons (Fsp3) is 0. The van der Waals surface area contributed by atoms with Gasteiger partial charge in [0.1, 0.15) is 0 Å². The smallest absolute Gasteiger partial charge is 0.179 e. The Morgan fingerprint density at radius 2 is 0.512 bits per heavy atom. The first-order valence-electron chi connectivity index (χ1n) is 28.3. The number of hydrogen-bond donors (Lipinski definition) is 0. The van der Waals surface area contributed by atoms with Crippen molar-refractivity contribution in [2.75, 3.05) is 0 Å². The van der Waals surface area contributed by atoms with Gasteiger partial charge >= 0.3 is 0 Å². The molecule has 4 heteroatoms. The Kier molecular flexibility index (Phi) is 11.2. The summed E-state index contributed by atoms with van der Waals surface area (Å²) in [6, 6.07) is 120. The molecular weight excluding hydrogens is 1010 g/mol. The Morgan fingerprint density at radius 1 is 0.171 bits per heavy atom. The molecule has 16 rings (SSSR count). The van der Waals surface area contributed by atoms with Gasteiger partial charge < -0.3 is 13.7 Å². The molecule has 0 aliphatic rings. The molecule has 0 radical (unpaired) electrons. The molecule has 3 aromatic heterocycles. The van der Waals surface area contributed by atoms with Gasteiger partial charge in [-0.3, -0.25) is 0 Å². The maximum Gasteiger partial charge on any atom is 0.179 e. The summed E-state index contributed by atoms with van der Waals surface area (Å²) >= 11 is 0. The van der Waals surface area contributed by atoms with Crippen LogP contribution in [0.15, 0.2) is 322 Å². The minimum absolute atomic E-state index is 1.09. The average molecular weight is 1060 g/mol. The van der Waals surface area contributed by atoms with Gasteiger partial charge in [-0.05, 0) is 127 Å². The van der Waals surface area contributed by atoms with E-state index in [0.717, 1.165) is 44.7 Å². The van der Waals surface area contributed by atoms with Gasteiger partial charge in [-0.15, -0.1) is 0 Å². The van der Waals surface area contributed by atoms with Crippen LogP contribution in [0, 0.1) is 0 Å². The van der Waals surface area contributed by atoms with E-state index in [-0.39, 0.29) is 0 Å². The number of nitrogens with zero attached hydrogens (tertiary/aromatic N) is 3. The van der Waals surface area contributed by atoms with Crippen molar-refractivity contribution in [2.24, 2.45) is 0 Å². The van der Waals surface area contributed by atoms with Gasteiger partial charge in [-0.25, -0.2) is 0 Å². The molecule has 0 unspecified atom stereocenters. The largest absolute Gasteiger partial charge is 0.309 e. The van der Waals surface area contributed by atoms with Crippen LogP contribution in [0.25, 0.3) is 116 Å². The van der Waals surface area contributed by atoms with Crippen LogP contribution in [0.2, 0.25) is 0 Å². The summed E-state index contributed by atoms with van der Waals surface area (Å²) in [7, 11) is -2.91. The maximum atomic E-state index is 2.49. The number of para-hydroxylation sites is 4. The summed E-state index contributed by atoms with van der Waals surface area (Å²) in [4.78, 5) is 0. The zero-order valence-corrected chi connectivity index (χ0v) is 45.9. The molecule has 0 spiro atoms. The fourth-order valence-corrected chi connectivity index (χ4v) is 18.3. The standard InChI is InChI=1S/C78H53N3Si/c1-5-22-54(23-6-1)57-26-21-31-66(50-57)82(63-27-9-3-10-28-63,64-29-11-4-12-30-64)65-44-40-56(41-45-65)59-48-61(80-75-38-19-15-34-69(75)71-51-58(42-46-77(71)80)55-24-7-2-8-25-55)52-62(49-59)81-76-39-20-16-35-70(76)72-53-60(43-47-78(72)81)79-73-36-17-13-32-67(73)68-33-14-18-37-74(68)79/h1-53H. The molecule has 13 aromatic carbocycles. The molecule has 0 saturated heterocycles. The highest BCUT2D eigenvalue weighted by Crippen LogP contribution is 2.41. The molecule has 0 saturated carbocycles. The van der Waals surface area contributed by atoms with E-state index in [1.165, 1.54) is 91.9 Å². The molecule has 0 atom stereocenters. The minimum atomic E-state index is -2.91. The van der Waals surface area contributed by atoms with Crippen molar-refractivity contribution in [1.82, 2.24) is 13.7 Å². The summed E-state index contributed by atoms with van der Waals surface area (Å²) in [6.45, 7) is 0. The molecule has 0 aliphatic carbocycles. The lowest BCUT2D eigenvalue weighted by molar-refractivity contribution is 1.13. The first kappa shape index (κ1) is 47.5. The van der Waals surface area contributed by atoms with Crippen LogP contribution in [0.3, 0.4) is 0 Å². The predicted octanol–water partition coefficient (Wildman–Crippen LogP) is 17.4. The van der Waals surface area contributed by atoms with Crippen LogP contribution in [0.1, 0.15) is 0 Å². The van der Waals surface area contributed by atoms with E-state index in [2.05, 4.69) is 335 Å². The molecule has 384 valence electrons. The molecular formula is C78H53N3Si. The first-order valence-corrected chi connectivity index (χ1v) is 30.3. The summed E-state index contributed by atoms with van der Waals surface area (Å²) in [5.41, 5.74) is 17.5. The van der Waals surface area contributed by atoms with Crippen molar-refractivity contribution in [3.05, 3.63) is 322 Å². The summed E-state index contributed by atoms with van der Waals surface area (Å²) in [5, 5.41) is 12.7. The summed E-state index contributed by atoms with van der Waals surface area (Å²) in [6.07, 6.45) is 0. The van der Waals surface area contributed by atoms with Crippen LogP contribution in [-0.2, 0) is 0 Å². The van der Waals surface area contributed by atoms with Crippen molar-refractivity contribution in [1.29, 1.82) is 0 Å². The van der Waals surface area contributed by atoms with E-state index in [9.17, 15) is 0 Å². The van der Waals surface area contributed by atoms with Crippen molar-refractivity contribution >= 4 is 94.2 Å². The Morgan fingerprint density at radius 3 is 1.02 bits per heavy atom. The normalized spacial score (nSPS) is 11.9. The van der Waals surface area contributed by atoms with Crippen LogP contribution in [0.4, 0.5) is 0 Å². The number of hydrogen-bond acceptors (Lipinski definition) is 0. The van der Waals surface area contributed by atoms with Gasteiger partial charge in [-0.2, -0.15) is 0 Å². The first-order chi connectivity index (χ1) is 40.7. The van der Waals surface area contributed by atoms with Crippen LogP contribution < -0.4 is 20.7 Å². The zero-order valence-electron chi connectivity index (χ0n) is 44.9. The minimum Gasteiger partial charge on any atom is -0.309 e. The summed E-state index contributed by atoms with van der Waals surface area (Å²) < 4.78 is 7.40. The van der Waals surface area contributed by atoms with Crippen molar-refractivity contribution in [3.8, 4) is 50.4 Å². The van der Waals surface area contributed by atoms with E-state index in [0.29, 0.717) is 0 Å². The second-order valence-electron chi connectivity index (χ2n) is 21.6. The van der Waals surface area contributed by atoms with E-state index < -0.39 is 8.07 Å². The van der Waals surface area contributed by atoms with Crippen molar-refractivity contribution in [3.63, 3.8) is 0 Å². The van der Waals surface area contributed by atoms with Gasteiger partial charge in [0.15, 0.2) is 8.07 Å². The predicted molar refractivity (Wildman–Crippen MR) is 349 cm³/mol. The highest BCUT2D eigenvalue weighted by atomic mass is 28.3. The molecule has 0 fully saturated rings. The molecule has 82 heavy (non-hydrogen) atoms. The molecule has 0 bridgehead atoms. The lowest BCUT2D eigenvalue weighted by atomic mass is 10.0. The number of benzene rings is 13. The Hall–Kier alpha value is -10.5. The van der Waals surface area contributed by atoms with Gasteiger partial charge in [-0.1, -0.05) is 249 Å². The number of aromatic nitrogens is 3. The topological polar surface area (TPSA) is 14.8 Å². The lowest BCUT2D eigenvalue weighted by Crippen LogP contribution is -2.74. The molecule has 0 aliphatic heterocycles. The molecule has 3 heterocycles. The van der Waals surface area contributed by atoms with Gasteiger partial charge in [0.25, 0.3) is 0 Å². The average Bonchev–Trinajstić information content (AvgIpc) is 4.35. The van der Waals surface area contributed by atoms with Crippen molar-refractivity contribution in [2.45, 2.75) is 0 Å². The molecule has 3 nitrogen and oxygen atoms in total. The van der Waals surface area contributed by atoms with E-state index in [1.807, 2.05) is 0 Å². The Bertz CT molecular complexity index is 4980. The molecule has 0 N–H and O–H groups in total. The third kappa shape index (κ3) is 7.57. The quantitative estimate of drug-likeness (QED) is 0.0958. The second-order valence-corrected chi connectivity index (χ2v) is 25.4. The highest BCUT2D eigenvalue weighted by Gasteiger charge is 2.41. The fourth-order valence-electron chi connectivity index (χ4n) is 13.5. The Balaban J connectivity index is 0.929. The third-order valence-corrected chi connectivity index (χ3v) is 21.9. The SMILES string of the molecule is c1ccc(-c2cccc([Si](c3ccccc3)(c3ccccc3)c3ccc(-c4cc(-n5c6ccccc6c6cc(-c7ccccc7)ccc65)cc(-n5c6ccccc6c6cc(-n7c8ccccc8c8ccccc87)ccc65)c4)cc3)c2)cc1. The van der Waals surface area contributed by atoms with E-state index in [4.69, 9.17) is 0 Å².